The quantitative estimate of drug-likeness (QED) is 0.635. The number of rotatable bonds is 5. The van der Waals surface area contributed by atoms with Gasteiger partial charge in [0.2, 0.25) is 0 Å². The molecule has 1 aromatic rings. The van der Waals surface area contributed by atoms with E-state index in [0.717, 1.165) is 4.90 Å². The fourth-order valence-electron chi connectivity index (χ4n) is 1.44. The number of nitro groups is 1. The fraction of sp³-hybridized carbons (Fsp3) is 0.400. The Morgan fingerprint density at radius 3 is 2.65 bits per heavy atom. The predicted molar refractivity (Wildman–Crippen MR) is 58.3 cm³/mol. The number of hydrogen-bond donors (Lipinski definition) is 1. The number of halogens is 2. The van der Waals surface area contributed by atoms with Gasteiger partial charge in [0.1, 0.15) is 5.69 Å². The average molecular weight is 246 g/mol. The van der Waals surface area contributed by atoms with E-state index in [1.807, 2.05) is 0 Å². The Balaban J connectivity index is 3.09. The van der Waals surface area contributed by atoms with Crippen molar-refractivity contribution >= 4 is 11.4 Å². The second-order valence-corrected chi connectivity index (χ2v) is 3.51. The summed E-state index contributed by atoms with van der Waals surface area (Å²) in [6.07, 6.45) is -2.57. The Hall–Kier alpha value is -1.76. The lowest BCUT2D eigenvalue weighted by Gasteiger charge is -2.18. The van der Waals surface area contributed by atoms with Gasteiger partial charge in [-0.2, -0.15) is 0 Å². The summed E-state index contributed by atoms with van der Waals surface area (Å²) in [6.45, 7) is -0.918. The summed E-state index contributed by atoms with van der Waals surface area (Å²) in [7, 11) is 1.35. The van der Waals surface area contributed by atoms with Gasteiger partial charge in [-0.05, 0) is 11.6 Å². The van der Waals surface area contributed by atoms with E-state index in [1.165, 1.54) is 25.2 Å². The molecule has 0 radical (unpaired) electrons. The highest BCUT2D eigenvalue weighted by Crippen LogP contribution is 2.28. The molecule has 5 nitrogen and oxygen atoms in total. The lowest BCUT2D eigenvalue weighted by Crippen LogP contribution is -2.24. The number of nitro benzene ring substituents is 1. The zero-order valence-corrected chi connectivity index (χ0v) is 9.14. The van der Waals surface area contributed by atoms with Gasteiger partial charge in [-0.3, -0.25) is 10.1 Å². The minimum atomic E-state index is -2.57. The van der Waals surface area contributed by atoms with E-state index in [2.05, 4.69) is 0 Å². The van der Waals surface area contributed by atoms with Crippen LogP contribution in [0.4, 0.5) is 20.2 Å². The van der Waals surface area contributed by atoms with Gasteiger partial charge in [0.15, 0.2) is 0 Å². The van der Waals surface area contributed by atoms with Gasteiger partial charge in [-0.15, -0.1) is 0 Å². The molecular formula is C10H12F2N2O3. The maximum atomic E-state index is 12.2. The highest BCUT2D eigenvalue weighted by molar-refractivity contribution is 5.64. The predicted octanol–water partition coefficient (Wildman–Crippen LogP) is 1.79. The molecule has 0 aliphatic rings. The number of aliphatic hydroxyl groups is 1. The smallest absolute Gasteiger partial charge is 0.292 e. The molecule has 0 heterocycles. The lowest BCUT2D eigenvalue weighted by atomic mass is 10.1. The molecule has 17 heavy (non-hydrogen) atoms. The summed E-state index contributed by atoms with van der Waals surface area (Å²) in [4.78, 5) is 11.2. The van der Waals surface area contributed by atoms with Crippen LogP contribution in [0.1, 0.15) is 5.56 Å². The van der Waals surface area contributed by atoms with E-state index in [-0.39, 0.29) is 18.0 Å². The van der Waals surface area contributed by atoms with Crippen LogP contribution in [0.2, 0.25) is 0 Å². The van der Waals surface area contributed by atoms with Crippen LogP contribution in [-0.4, -0.2) is 30.0 Å². The normalized spacial score (nSPS) is 10.6. The third-order valence-corrected chi connectivity index (χ3v) is 2.24. The summed E-state index contributed by atoms with van der Waals surface area (Å²) in [5.74, 6) is 0. The Labute approximate surface area is 96.4 Å². The number of alkyl halides is 2. The Morgan fingerprint density at radius 1 is 1.53 bits per heavy atom. The molecule has 0 bridgehead atoms. The van der Waals surface area contributed by atoms with Crippen molar-refractivity contribution in [1.29, 1.82) is 0 Å². The first-order chi connectivity index (χ1) is 7.95. The second kappa shape index (κ2) is 5.53. The van der Waals surface area contributed by atoms with Crippen molar-refractivity contribution in [3.05, 3.63) is 33.9 Å². The van der Waals surface area contributed by atoms with Crippen LogP contribution < -0.4 is 4.90 Å². The van der Waals surface area contributed by atoms with Crippen molar-refractivity contribution in [1.82, 2.24) is 0 Å². The van der Waals surface area contributed by atoms with Gasteiger partial charge in [-0.25, -0.2) is 8.78 Å². The molecule has 1 rings (SSSR count). The van der Waals surface area contributed by atoms with E-state index in [4.69, 9.17) is 5.11 Å². The number of anilines is 1. The van der Waals surface area contributed by atoms with E-state index in [0.29, 0.717) is 5.56 Å². The molecule has 0 atom stereocenters. The van der Waals surface area contributed by atoms with Crippen molar-refractivity contribution in [2.24, 2.45) is 0 Å². The standard InChI is InChI=1S/C10H12F2N2O3/c1-13(5-10(11)12)8-3-2-7(6-15)4-9(8)14(16)17/h2-4,10,15H,5-6H2,1H3. The molecule has 0 saturated carbocycles. The van der Waals surface area contributed by atoms with Crippen molar-refractivity contribution in [2.75, 3.05) is 18.5 Å². The highest BCUT2D eigenvalue weighted by Gasteiger charge is 2.19. The summed E-state index contributed by atoms with van der Waals surface area (Å²) < 4.78 is 24.4. The zero-order chi connectivity index (χ0) is 13.0. The largest absolute Gasteiger partial charge is 0.392 e. The monoisotopic (exact) mass is 246 g/mol. The molecule has 0 fully saturated rings. The first kappa shape index (κ1) is 13.3. The molecule has 0 saturated heterocycles. The molecular weight excluding hydrogens is 234 g/mol. The Morgan fingerprint density at radius 2 is 2.18 bits per heavy atom. The molecule has 1 N–H and O–H groups in total. The molecule has 0 spiro atoms. The molecule has 0 aromatic heterocycles. The van der Waals surface area contributed by atoms with Crippen molar-refractivity contribution in [2.45, 2.75) is 13.0 Å². The molecule has 1 aromatic carbocycles. The van der Waals surface area contributed by atoms with Crippen LogP contribution in [0.5, 0.6) is 0 Å². The zero-order valence-electron chi connectivity index (χ0n) is 9.14. The molecule has 0 amide bonds. The van der Waals surface area contributed by atoms with Crippen LogP contribution in [-0.2, 0) is 6.61 Å². The van der Waals surface area contributed by atoms with Gasteiger partial charge in [0, 0.05) is 13.1 Å². The van der Waals surface area contributed by atoms with Gasteiger partial charge in [-0.1, -0.05) is 6.07 Å². The first-order valence-electron chi connectivity index (χ1n) is 4.83. The van der Waals surface area contributed by atoms with Gasteiger partial charge in [0.25, 0.3) is 12.1 Å². The van der Waals surface area contributed by atoms with Gasteiger partial charge in [0.05, 0.1) is 18.1 Å². The SMILES string of the molecule is CN(CC(F)F)c1ccc(CO)cc1[N+](=O)[O-]. The van der Waals surface area contributed by atoms with Crippen molar-refractivity contribution in [3.63, 3.8) is 0 Å². The fourth-order valence-corrected chi connectivity index (χ4v) is 1.44. The molecule has 0 aliphatic carbocycles. The highest BCUT2D eigenvalue weighted by atomic mass is 19.3. The van der Waals surface area contributed by atoms with Crippen molar-refractivity contribution < 1.29 is 18.8 Å². The number of benzene rings is 1. The molecule has 0 aliphatic heterocycles. The van der Waals surface area contributed by atoms with Crippen LogP contribution in [0.3, 0.4) is 0 Å². The number of aliphatic hydroxyl groups excluding tert-OH is 1. The summed E-state index contributed by atoms with van der Waals surface area (Å²) in [5.41, 5.74) is 0.179. The maximum Gasteiger partial charge on any atom is 0.292 e. The van der Waals surface area contributed by atoms with Crippen LogP contribution in [0.15, 0.2) is 18.2 Å². The van der Waals surface area contributed by atoms with E-state index in [1.54, 1.807) is 0 Å². The molecule has 94 valence electrons. The number of hydrogen-bond acceptors (Lipinski definition) is 4. The van der Waals surface area contributed by atoms with E-state index < -0.39 is 17.9 Å². The summed E-state index contributed by atoms with van der Waals surface area (Å²) in [5, 5.41) is 19.7. The van der Waals surface area contributed by atoms with Gasteiger partial charge < -0.3 is 10.0 Å². The first-order valence-corrected chi connectivity index (χ1v) is 4.83. The maximum absolute atomic E-state index is 12.2. The summed E-state index contributed by atoms with van der Waals surface area (Å²) in [6, 6.07) is 3.99. The third kappa shape index (κ3) is 3.35. The summed E-state index contributed by atoms with van der Waals surface area (Å²) >= 11 is 0. The minimum Gasteiger partial charge on any atom is -0.392 e. The number of nitrogens with zero attached hydrogens (tertiary/aromatic N) is 2. The third-order valence-electron chi connectivity index (χ3n) is 2.24. The van der Waals surface area contributed by atoms with E-state index in [9.17, 15) is 18.9 Å². The van der Waals surface area contributed by atoms with Crippen molar-refractivity contribution in [3.8, 4) is 0 Å². The topological polar surface area (TPSA) is 66.6 Å². The van der Waals surface area contributed by atoms with E-state index >= 15 is 0 Å². The second-order valence-electron chi connectivity index (χ2n) is 3.51. The lowest BCUT2D eigenvalue weighted by molar-refractivity contribution is -0.384. The van der Waals surface area contributed by atoms with Crippen LogP contribution >= 0.6 is 0 Å². The van der Waals surface area contributed by atoms with Crippen LogP contribution in [0.25, 0.3) is 0 Å². The Kier molecular flexibility index (Phi) is 4.33. The minimum absolute atomic E-state index is 0.104. The Bertz CT molecular complexity index is 413. The molecule has 7 heteroatoms. The van der Waals surface area contributed by atoms with Crippen LogP contribution in [0, 0.1) is 10.1 Å². The van der Waals surface area contributed by atoms with Gasteiger partial charge >= 0.3 is 0 Å². The average Bonchev–Trinajstić information content (AvgIpc) is 2.27. The molecule has 0 unspecified atom stereocenters.